The number of benzene rings is 2. The van der Waals surface area contributed by atoms with E-state index in [-0.39, 0.29) is 10.9 Å². The number of thioether (sulfide) groups is 1. The number of nitrogens with zero attached hydrogens (tertiary/aromatic N) is 2. The number of aryl methyl sites for hydroxylation is 1. The highest BCUT2D eigenvalue weighted by molar-refractivity contribution is 8.13. The Labute approximate surface area is 162 Å². The van der Waals surface area contributed by atoms with E-state index >= 15 is 0 Å². The number of hydrazone groups is 1. The van der Waals surface area contributed by atoms with Crippen molar-refractivity contribution in [3.8, 4) is 0 Å². The van der Waals surface area contributed by atoms with Crippen LogP contribution in [-0.4, -0.2) is 18.6 Å². The zero-order valence-electron chi connectivity index (χ0n) is 14.7. The normalized spacial score (nSPS) is 10.9. The molecule has 0 saturated carbocycles. The molecule has 152 valence electrons. The molecular formula is C18H17F6N3S. The van der Waals surface area contributed by atoms with Gasteiger partial charge in [0.05, 0.1) is 11.3 Å². The Kier molecular flexibility index (Phi) is 9.04. The van der Waals surface area contributed by atoms with E-state index in [4.69, 9.17) is 5.41 Å². The first kappa shape index (κ1) is 23.5. The van der Waals surface area contributed by atoms with Crippen LogP contribution in [0.2, 0.25) is 0 Å². The molecule has 10 heteroatoms. The number of halogens is 6. The van der Waals surface area contributed by atoms with Crippen LogP contribution in [0.5, 0.6) is 0 Å². The minimum Gasteiger partial charge on any atom is -0.277 e. The summed E-state index contributed by atoms with van der Waals surface area (Å²) < 4.78 is 67.2. The quantitative estimate of drug-likeness (QED) is 0.266. The third kappa shape index (κ3) is 7.63. The number of alkyl halides is 6. The summed E-state index contributed by atoms with van der Waals surface area (Å²) in [5.41, 5.74) is 1.45. The molecule has 0 aromatic heterocycles. The number of hydrogen-bond donors (Lipinski definition) is 1. The molecule has 0 bridgehead atoms. The highest BCUT2D eigenvalue weighted by Crippen LogP contribution is 2.31. The van der Waals surface area contributed by atoms with Gasteiger partial charge in [0.15, 0.2) is 5.17 Å². The van der Waals surface area contributed by atoms with Crippen molar-refractivity contribution in [2.75, 3.05) is 5.01 Å². The summed E-state index contributed by atoms with van der Waals surface area (Å²) in [5, 5.41) is 13.4. The van der Waals surface area contributed by atoms with E-state index in [0.29, 0.717) is 11.3 Å². The van der Waals surface area contributed by atoms with Crippen LogP contribution >= 0.6 is 11.8 Å². The largest absolute Gasteiger partial charge is 0.416 e. The van der Waals surface area contributed by atoms with Gasteiger partial charge in [-0.05, 0) is 30.2 Å². The van der Waals surface area contributed by atoms with Crippen molar-refractivity contribution in [2.24, 2.45) is 5.10 Å². The summed E-state index contributed by atoms with van der Waals surface area (Å²) >= 11 is 1.09. The third-order valence-corrected chi connectivity index (χ3v) is 4.23. The number of rotatable bonds is 4. The molecule has 0 unspecified atom stereocenters. The second kappa shape index (κ2) is 10.7. The standard InChI is InChI=1S/C17H16F3N3S.CHF3/c1-12-6-3-4-9-15(12)23(22-2)16(21)24-11-13-7-5-8-14(10-13)17(18,19)20;2-1(3)4/h3-10,21H,2,11H2,1H3;1H. The van der Waals surface area contributed by atoms with Gasteiger partial charge in [-0.25, -0.2) is 5.01 Å². The maximum atomic E-state index is 12.7. The lowest BCUT2D eigenvalue weighted by atomic mass is 10.1. The van der Waals surface area contributed by atoms with E-state index in [0.717, 1.165) is 29.5 Å². The molecule has 2 rings (SSSR count). The predicted molar refractivity (Wildman–Crippen MR) is 101 cm³/mol. The lowest BCUT2D eigenvalue weighted by molar-refractivity contribution is -0.137. The summed E-state index contributed by atoms with van der Waals surface area (Å²) in [6, 6.07) is 12.5. The molecule has 0 aliphatic rings. The summed E-state index contributed by atoms with van der Waals surface area (Å²) in [4.78, 5) is 0. The molecule has 0 aliphatic heterocycles. The molecule has 0 atom stereocenters. The van der Waals surface area contributed by atoms with E-state index in [1.807, 2.05) is 31.2 Å². The Morgan fingerprint density at radius 2 is 1.75 bits per heavy atom. The van der Waals surface area contributed by atoms with Crippen molar-refractivity contribution in [2.45, 2.75) is 25.5 Å². The summed E-state index contributed by atoms with van der Waals surface area (Å²) in [6.07, 6.45) is -4.37. The van der Waals surface area contributed by atoms with Gasteiger partial charge in [0.25, 0.3) is 0 Å². The van der Waals surface area contributed by atoms with E-state index in [9.17, 15) is 26.3 Å². The Morgan fingerprint density at radius 3 is 2.29 bits per heavy atom. The van der Waals surface area contributed by atoms with E-state index in [1.54, 1.807) is 6.07 Å². The summed E-state index contributed by atoms with van der Waals surface area (Å²) in [6.45, 7) is 1.69. The van der Waals surface area contributed by atoms with E-state index in [1.165, 1.54) is 11.1 Å². The lowest BCUT2D eigenvalue weighted by Gasteiger charge is -2.20. The monoisotopic (exact) mass is 421 g/mol. The Bertz CT molecular complexity index is 792. The van der Waals surface area contributed by atoms with Crippen LogP contribution in [0.4, 0.5) is 32.0 Å². The molecule has 0 spiro atoms. The fourth-order valence-electron chi connectivity index (χ4n) is 2.10. The first-order valence-electron chi connectivity index (χ1n) is 7.68. The fraction of sp³-hybridized carbons (Fsp3) is 0.222. The number of nitrogens with one attached hydrogen (secondary N) is 1. The zero-order chi connectivity index (χ0) is 21.3. The molecule has 2 aromatic rings. The number of para-hydroxylation sites is 1. The van der Waals surface area contributed by atoms with Crippen molar-refractivity contribution in [1.29, 1.82) is 5.41 Å². The molecule has 28 heavy (non-hydrogen) atoms. The molecule has 1 N–H and O–H groups in total. The van der Waals surface area contributed by atoms with Crippen molar-refractivity contribution < 1.29 is 26.3 Å². The number of anilines is 1. The maximum Gasteiger partial charge on any atom is 0.416 e. The molecule has 0 saturated heterocycles. The van der Waals surface area contributed by atoms with Gasteiger partial charge in [-0.15, -0.1) is 0 Å². The molecule has 0 heterocycles. The molecule has 0 aliphatic carbocycles. The van der Waals surface area contributed by atoms with Gasteiger partial charge < -0.3 is 0 Å². The zero-order valence-corrected chi connectivity index (χ0v) is 15.5. The van der Waals surface area contributed by atoms with Crippen LogP contribution < -0.4 is 5.01 Å². The SMILES string of the molecule is C=NN(C(=N)SCc1cccc(C(F)(F)F)c1)c1ccccc1C.FC(F)F. The fourth-order valence-corrected chi connectivity index (χ4v) is 2.86. The molecule has 2 aromatic carbocycles. The van der Waals surface area contributed by atoms with E-state index in [2.05, 4.69) is 11.8 Å². The van der Waals surface area contributed by atoms with Gasteiger partial charge in [-0.2, -0.15) is 31.4 Å². The topological polar surface area (TPSA) is 39.5 Å². The molecule has 3 nitrogen and oxygen atoms in total. The van der Waals surface area contributed by atoms with Crippen LogP contribution in [0.25, 0.3) is 0 Å². The second-order valence-electron chi connectivity index (χ2n) is 5.28. The van der Waals surface area contributed by atoms with Gasteiger partial charge in [0.1, 0.15) is 0 Å². The summed E-state index contributed by atoms with van der Waals surface area (Å²) in [5.74, 6) is 0.237. The second-order valence-corrected chi connectivity index (χ2v) is 6.24. The van der Waals surface area contributed by atoms with Gasteiger partial charge >= 0.3 is 12.9 Å². The Hall–Kier alpha value is -2.49. The number of hydrogen-bond acceptors (Lipinski definition) is 3. The van der Waals surface area contributed by atoms with Gasteiger partial charge in [0.2, 0.25) is 0 Å². The van der Waals surface area contributed by atoms with Crippen LogP contribution in [0, 0.1) is 12.3 Å². The van der Waals surface area contributed by atoms with Crippen LogP contribution in [-0.2, 0) is 11.9 Å². The average Bonchev–Trinajstić information content (AvgIpc) is 2.61. The highest BCUT2D eigenvalue weighted by Gasteiger charge is 2.30. The minimum absolute atomic E-state index is 0.0942. The molecule has 0 radical (unpaired) electrons. The van der Waals surface area contributed by atoms with Crippen molar-refractivity contribution >= 4 is 29.3 Å². The van der Waals surface area contributed by atoms with Crippen molar-refractivity contribution in [3.05, 3.63) is 65.2 Å². The van der Waals surface area contributed by atoms with Crippen LogP contribution in [0.3, 0.4) is 0 Å². The first-order chi connectivity index (χ1) is 13.1. The van der Waals surface area contributed by atoms with E-state index < -0.39 is 18.4 Å². The molecular weight excluding hydrogens is 404 g/mol. The average molecular weight is 421 g/mol. The summed E-state index contributed by atoms with van der Waals surface area (Å²) in [7, 11) is 0. The minimum atomic E-state index is -4.37. The third-order valence-electron chi connectivity index (χ3n) is 3.31. The number of amidine groups is 1. The first-order valence-corrected chi connectivity index (χ1v) is 8.67. The molecule has 0 fully saturated rings. The smallest absolute Gasteiger partial charge is 0.277 e. The molecule has 0 amide bonds. The Morgan fingerprint density at radius 1 is 1.14 bits per heavy atom. The Balaban J connectivity index is 0.000000892. The predicted octanol–water partition coefficient (Wildman–Crippen LogP) is 6.48. The van der Waals surface area contributed by atoms with Gasteiger partial charge in [0, 0.05) is 12.5 Å². The van der Waals surface area contributed by atoms with Gasteiger partial charge in [-0.3, -0.25) is 5.41 Å². The highest BCUT2D eigenvalue weighted by atomic mass is 32.2. The van der Waals surface area contributed by atoms with Crippen LogP contribution in [0.15, 0.2) is 53.6 Å². The van der Waals surface area contributed by atoms with Gasteiger partial charge in [-0.1, -0.05) is 48.2 Å². The maximum absolute atomic E-state index is 12.7. The lowest BCUT2D eigenvalue weighted by Crippen LogP contribution is -2.22. The van der Waals surface area contributed by atoms with Crippen molar-refractivity contribution in [1.82, 2.24) is 0 Å². The van der Waals surface area contributed by atoms with Crippen molar-refractivity contribution in [3.63, 3.8) is 0 Å². The van der Waals surface area contributed by atoms with Crippen LogP contribution in [0.1, 0.15) is 16.7 Å².